The molecule has 34 heavy (non-hydrogen) atoms. The maximum atomic E-state index is 12.5. The van der Waals surface area contributed by atoms with Crippen molar-refractivity contribution in [3.8, 4) is 0 Å². The van der Waals surface area contributed by atoms with Crippen molar-refractivity contribution in [2.24, 2.45) is 13.0 Å². The number of hydrogen-bond acceptors (Lipinski definition) is 7. The molecular formula is C25H34N6O3. The summed E-state index contributed by atoms with van der Waals surface area (Å²) in [6, 6.07) is 7.27. The number of piperidine rings is 2. The zero-order chi connectivity index (χ0) is 23.2. The summed E-state index contributed by atoms with van der Waals surface area (Å²) in [5, 5.41) is 11.9. The van der Waals surface area contributed by atoms with Gasteiger partial charge in [0.2, 0.25) is 11.8 Å². The number of aryl methyl sites for hydroxylation is 1. The lowest BCUT2D eigenvalue weighted by molar-refractivity contribution is -0.134. The van der Waals surface area contributed by atoms with Gasteiger partial charge in [0.15, 0.2) is 0 Å². The van der Waals surface area contributed by atoms with E-state index in [0.717, 1.165) is 61.9 Å². The van der Waals surface area contributed by atoms with Crippen molar-refractivity contribution in [1.82, 2.24) is 25.3 Å². The third-order valence-electron chi connectivity index (χ3n) is 7.98. The monoisotopic (exact) mass is 466 g/mol. The van der Waals surface area contributed by atoms with Crippen LogP contribution >= 0.6 is 0 Å². The van der Waals surface area contributed by atoms with Gasteiger partial charge in [0.1, 0.15) is 0 Å². The van der Waals surface area contributed by atoms with Crippen LogP contribution in [0.5, 0.6) is 0 Å². The Labute approximate surface area is 199 Å². The molecule has 0 spiro atoms. The molecule has 4 aliphatic rings. The summed E-state index contributed by atoms with van der Waals surface area (Å²) >= 11 is 0. The number of aromatic nitrogens is 2. The number of imide groups is 1. The standard InChI is InChI=1S/C25H34N6O3/c1-29-24-19(23(28-29)20-5-6-22(32)27-25(20)33)3-2-4-21(24)31-9-7-16(8-10-31)11-30-12-17-14-34-15-18(13-30)26-17/h2-4,16-18,20,26H,5-15H2,1H3,(H,27,32,33). The Morgan fingerprint density at radius 2 is 1.85 bits per heavy atom. The van der Waals surface area contributed by atoms with Crippen LogP contribution in [0.4, 0.5) is 5.69 Å². The molecule has 1 aromatic heterocycles. The molecule has 0 saturated carbocycles. The average Bonchev–Trinajstić information content (AvgIpc) is 3.16. The van der Waals surface area contributed by atoms with Gasteiger partial charge in [-0.15, -0.1) is 0 Å². The molecule has 6 rings (SSSR count). The van der Waals surface area contributed by atoms with Gasteiger partial charge in [0.25, 0.3) is 0 Å². The number of nitrogens with one attached hydrogen (secondary N) is 2. The van der Waals surface area contributed by atoms with Crippen molar-refractivity contribution in [1.29, 1.82) is 0 Å². The highest BCUT2D eigenvalue weighted by molar-refractivity contribution is 6.03. The lowest BCUT2D eigenvalue weighted by Crippen LogP contribution is -2.63. The molecule has 5 heterocycles. The molecule has 2 amide bonds. The Balaban J connectivity index is 1.15. The first-order valence-corrected chi connectivity index (χ1v) is 12.7. The summed E-state index contributed by atoms with van der Waals surface area (Å²) < 4.78 is 7.61. The Kier molecular flexibility index (Phi) is 5.79. The van der Waals surface area contributed by atoms with Crippen molar-refractivity contribution in [2.45, 2.75) is 43.7 Å². The number of carbonyl (C=O) groups excluding carboxylic acids is 2. The van der Waals surface area contributed by atoms with E-state index in [-0.39, 0.29) is 17.7 Å². The minimum Gasteiger partial charge on any atom is -0.378 e. The Hall–Kier alpha value is -2.49. The fourth-order valence-corrected chi connectivity index (χ4v) is 6.37. The molecule has 1 aromatic carbocycles. The van der Waals surface area contributed by atoms with E-state index in [2.05, 4.69) is 38.6 Å². The first kappa shape index (κ1) is 22.0. The summed E-state index contributed by atoms with van der Waals surface area (Å²) in [5.41, 5.74) is 3.06. The molecule has 4 aliphatic heterocycles. The number of carbonyl (C=O) groups is 2. The smallest absolute Gasteiger partial charge is 0.235 e. The third kappa shape index (κ3) is 4.10. The number of rotatable bonds is 4. The first-order valence-electron chi connectivity index (χ1n) is 12.7. The van der Waals surface area contributed by atoms with Crippen molar-refractivity contribution in [3.63, 3.8) is 0 Å². The first-order chi connectivity index (χ1) is 16.5. The van der Waals surface area contributed by atoms with Crippen LogP contribution in [0.2, 0.25) is 0 Å². The lowest BCUT2D eigenvalue weighted by Gasteiger charge is -2.44. The maximum Gasteiger partial charge on any atom is 0.235 e. The van der Waals surface area contributed by atoms with Crippen LogP contribution < -0.4 is 15.5 Å². The van der Waals surface area contributed by atoms with Gasteiger partial charge in [-0.2, -0.15) is 5.10 Å². The number of benzene rings is 1. The maximum absolute atomic E-state index is 12.5. The van der Waals surface area contributed by atoms with E-state index in [1.165, 1.54) is 25.1 Å². The fraction of sp³-hybridized carbons (Fsp3) is 0.640. The second-order valence-electron chi connectivity index (χ2n) is 10.4. The van der Waals surface area contributed by atoms with Gasteiger partial charge in [-0.3, -0.25) is 24.5 Å². The average molecular weight is 467 g/mol. The molecule has 0 aliphatic carbocycles. The molecule has 0 radical (unpaired) electrons. The number of morpholine rings is 1. The number of para-hydroxylation sites is 1. The zero-order valence-corrected chi connectivity index (χ0v) is 19.8. The Bertz CT molecular complexity index is 1080. The molecule has 4 saturated heterocycles. The van der Waals surface area contributed by atoms with Gasteiger partial charge >= 0.3 is 0 Å². The predicted octanol–water partition coefficient (Wildman–Crippen LogP) is 0.983. The van der Waals surface area contributed by atoms with E-state index in [1.807, 2.05) is 11.7 Å². The minimum atomic E-state index is -0.369. The van der Waals surface area contributed by atoms with Crippen molar-refractivity contribution in [2.75, 3.05) is 50.8 Å². The molecule has 9 nitrogen and oxygen atoms in total. The number of ether oxygens (including phenoxy) is 1. The number of amides is 2. The van der Waals surface area contributed by atoms with Crippen molar-refractivity contribution >= 4 is 28.4 Å². The van der Waals surface area contributed by atoms with Gasteiger partial charge < -0.3 is 15.0 Å². The fourth-order valence-electron chi connectivity index (χ4n) is 6.37. The third-order valence-corrected chi connectivity index (χ3v) is 7.98. The quantitative estimate of drug-likeness (QED) is 0.649. The molecule has 2 N–H and O–H groups in total. The molecule has 2 aromatic rings. The van der Waals surface area contributed by atoms with Crippen LogP contribution in [0.15, 0.2) is 18.2 Å². The second kappa shape index (κ2) is 8.94. The van der Waals surface area contributed by atoms with E-state index in [9.17, 15) is 9.59 Å². The Morgan fingerprint density at radius 1 is 1.09 bits per heavy atom. The summed E-state index contributed by atoms with van der Waals surface area (Å²) in [6.07, 6.45) is 3.25. The molecule has 3 atom stereocenters. The highest BCUT2D eigenvalue weighted by atomic mass is 16.5. The van der Waals surface area contributed by atoms with Gasteiger partial charge in [-0.1, -0.05) is 12.1 Å². The number of nitrogens with zero attached hydrogens (tertiary/aromatic N) is 4. The Morgan fingerprint density at radius 3 is 2.59 bits per heavy atom. The van der Waals surface area contributed by atoms with E-state index >= 15 is 0 Å². The highest BCUT2D eigenvalue weighted by Gasteiger charge is 2.34. The summed E-state index contributed by atoms with van der Waals surface area (Å²) in [4.78, 5) is 29.2. The van der Waals surface area contributed by atoms with E-state index in [1.54, 1.807) is 0 Å². The molecular weight excluding hydrogens is 432 g/mol. The second-order valence-corrected chi connectivity index (χ2v) is 10.4. The van der Waals surface area contributed by atoms with E-state index < -0.39 is 0 Å². The van der Waals surface area contributed by atoms with Crippen LogP contribution in [0, 0.1) is 5.92 Å². The van der Waals surface area contributed by atoms with Gasteiger partial charge in [0.05, 0.1) is 36.0 Å². The zero-order valence-electron chi connectivity index (χ0n) is 19.8. The van der Waals surface area contributed by atoms with Gasteiger partial charge in [-0.25, -0.2) is 0 Å². The van der Waals surface area contributed by atoms with Crippen LogP contribution in [0.25, 0.3) is 10.9 Å². The largest absolute Gasteiger partial charge is 0.378 e. The summed E-state index contributed by atoms with van der Waals surface area (Å²) in [5.74, 6) is -0.0689. The molecule has 2 bridgehead atoms. The van der Waals surface area contributed by atoms with E-state index in [4.69, 9.17) is 9.84 Å². The van der Waals surface area contributed by atoms with Crippen LogP contribution in [-0.4, -0.2) is 84.5 Å². The van der Waals surface area contributed by atoms with Gasteiger partial charge in [0, 0.05) is 63.7 Å². The topological polar surface area (TPSA) is 91.7 Å². The van der Waals surface area contributed by atoms with E-state index in [0.29, 0.717) is 24.9 Å². The van der Waals surface area contributed by atoms with Crippen LogP contribution in [0.3, 0.4) is 0 Å². The molecule has 9 heteroatoms. The van der Waals surface area contributed by atoms with Crippen LogP contribution in [-0.2, 0) is 21.4 Å². The molecule has 4 fully saturated rings. The van der Waals surface area contributed by atoms with Crippen LogP contribution in [0.1, 0.15) is 37.3 Å². The summed E-state index contributed by atoms with van der Waals surface area (Å²) in [6.45, 7) is 7.10. The van der Waals surface area contributed by atoms with Crippen molar-refractivity contribution < 1.29 is 14.3 Å². The predicted molar refractivity (Wildman–Crippen MR) is 129 cm³/mol. The van der Waals surface area contributed by atoms with Gasteiger partial charge in [-0.05, 0) is 31.2 Å². The van der Waals surface area contributed by atoms with Crippen molar-refractivity contribution in [3.05, 3.63) is 23.9 Å². The number of hydrogen-bond donors (Lipinski definition) is 2. The lowest BCUT2D eigenvalue weighted by atomic mass is 9.92. The highest BCUT2D eigenvalue weighted by Crippen LogP contribution is 2.36. The number of piperazine rings is 1. The molecule has 3 unspecified atom stereocenters. The normalized spacial score (nSPS) is 29.0. The molecule has 182 valence electrons. The SMILES string of the molecule is Cn1nc(C2CCC(=O)NC2=O)c2cccc(N3CCC(CN4CC5COCC(C4)N5)CC3)c21. The number of fused-ring (bicyclic) bond motifs is 3. The summed E-state index contributed by atoms with van der Waals surface area (Å²) in [7, 11) is 1.96. The number of anilines is 1. The minimum absolute atomic E-state index is 0.192.